The largest absolute Gasteiger partial charge is 0.299 e. The Bertz CT molecular complexity index is 240. The standard InChI is InChI=1S/C15H25NO/c1-2-12-15(17)13-10-8-6-4-3-5-7-9-11-14-16/h2H,1,3-13H2. The van der Waals surface area contributed by atoms with Gasteiger partial charge in [-0.25, -0.2) is 0 Å². The van der Waals surface area contributed by atoms with Crippen molar-refractivity contribution in [2.75, 3.05) is 0 Å². The van der Waals surface area contributed by atoms with Crippen molar-refractivity contribution in [1.82, 2.24) is 0 Å². The first-order chi connectivity index (χ1) is 8.31. The predicted octanol–water partition coefficient (Wildman–Crippen LogP) is 4.56. The fourth-order valence-corrected chi connectivity index (χ4v) is 1.85. The van der Waals surface area contributed by atoms with E-state index in [-0.39, 0.29) is 0 Å². The van der Waals surface area contributed by atoms with Gasteiger partial charge in [0.25, 0.3) is 0 Å². The summed E-state index contributed by atoms with van der Waals surface area (Å²) in [7, 11) is 0. The summed E-state index contributed by atoms with van der Waals surface area (Å²) in [6.07, 6.45) is 13.1. The van der Waals surface area contributed by atoms with Crippen LogP contribution in [0, 0.1) is 11.3 Å². The van der Waals surface area contributed by atoms with Crippen LogP contribution in [0.25, 0.3) is 0 Å². The highest BCUT2D eigenvalue weighted by Gasteiger charge is 1.98. The Morgan fingerprint density at radius 3 is 2.06 bits per heavy atom. The van der Waals surface area contributed by atoms with Crippen LogP contribution in [0.4, 0.5) is 0 Å². The molecule has 0 aliphatic carbocycles. The summed E-state index contributed by atoms with van der Waals surface area (Å²) >= 11 is 0. The minimum atomic E-state index is 0.316. The molecule has 0 unspecified atom stereocenters. The molecule has 2 heteroatoms. The van der Waals surface area contributed by atoms with Gasteiger partial charge in [-0.05, 0) is 12.8 Å². The van der Waals surface area contributed by atoms with Gasteiger partial charge in [0, 0.05) is 19.3 Å². The first kappa shape index (κ1) is 15.9. The van der Waals surface area contributed by atoms with Gasteiger partial charge >= 0.3 is 0 Å². The highest BCUT2D eigenvalue weighted by atomic mass is 16.1. The monoisotopic (exact) mass is 235 g/mol. The molecule has 0 aromatic rings. The van der Waals surface area contributed by atoms with Crippen molar-refractivity contribution < 1.29 is 4.79 Å². The van der Waals surface area contributed by atoms with E-state index in [9.17, 15) is 4.79 Å². The molecule has 0 N–H and O–H groups in total. The molecule has 0 rings (SSSR count). The summed E-state index contributed by atoms with van der Waals surface area (Å²) in [6.45, 7) is 3.56. The topological polar surface area (TPSA) is 40.9 Å². The van der Waals surface area contributed by atoms with Crippen LogP contribution >= 0.6 is 0 Å². The second kappa shape index (κ2) is 13.0. The van der Waals surface area contributed by atoms with Crippen LogP contribution in [-0.2, 0) is 4.79 Å². The molecule has 0 spiro atoms. The molecule has 0 aromatic heterocycles. The first-order valence-electron chi connectivity index (χ1n) is 6.80. The zero-order valence-electron chi connectivity index (χ0n) is 10.9. The smallest absolute Gasteiger partial charge is 0.136 e. The van der Waals surface area contributed by atoms with Crippen molar-refractivity contribution in [3.8, 4) is 6.07 Å². The summed E-state index contributed by atoms with van der Waals surface area (Å²) in [5, 5.41) is 8.37. The van der Waals surface area contributed by atoms with E-state index in [0.717, 1.165) is 12.8 Å². The number of ketones is 1. The van der Waals surface area contributed by atoms with Crippen molar-refractivity contribution in [1.29, 1.82) is 5.26 Å². The van der Waals surface area contributed by atoms with Gasteiger partial charge in [0.15, 0.2) is 0 Å². The maximum absolute atomic E-state index is 11.2. The van der Waals surface area contributed by atoms with Gasteiger partial charge in [-0.3, -0.25) is 4.79 Å². The van der Waals surface area contributed by atoms with Gasteiger partial charge < -0.3 is 0 Å². The van der Waals surface area contributed by atoms with Gasteiger partial charge in [-0.2, -0.15) is 5.26 Å². The number of nitrogens with zero attached hydrogens (tertiary/aromatic N) is 1. The Hall–Kier alpha value is -1.10. The zero-order valence-corrected chi connectivity index (χ0v) is 10.9. The lowest BCUT2D eigenvalue weighted by atomic mass is 10.0. The van der Waals surface area contributed by atoms with E-state index in [1.165, 1.54) is 38.5 Å². The molecule has 2 nitrogen and oxygen atoms in total. The average molecular weight is 235 g/mol. The number of allylic oxidation sites excluding steroid dienone is 1. The first-order valence-corrected chi connectivity index (χ1v) is 6.80. The van der Waals surface area contributed by atoms with Crippen LogP contribution in [0.2, 0.25) is 0 Å². The van der Waals surface area contributed by atoms with E-state index >= 15 is 0 Å². The van der Waals surface area contributed by atoms with Gasteiger partial charge in [0.1, 0.15) is 5.78 Å². The summed E-state index contributed by atoms with van der Waals surface area (Å²) in [5.41, 5.74) is 0. The normalized spacial score (nSPS) is 9.82. The van der Waals surface area contributed by atoms with Gasteiger partial charge in [-0.1, -0.05) is 44.6 Å². The van der Waals surface area contributed by atoms with Gasteiger partial charge in [-0.15, -0.1) is 6.58 Å². The Morgan fingerprint density at radius 2 is 1.53 bits per heavy atom. The van der Waals surface area contributed by atoms with E-state index in [2.05, 4.69) is 12.6 Å². The van der Waals surface area contributed by atoms with Crippen molar-refractivity contribution in [2.24, 2.45) is 0 Å². The molecule has 96 valence electrons. The Labute approximate surface area is 106 Å². The third-order valence-corrected chi connectivity index (χ3v) is 2.87. The minimum absolute atomic E-state index is 0.316. The number of nitriles is 1. The molecule has 0 amide bonds. The maximum Gasteiger partial charge on any atom is 0.136 e. The fraction of sp³-hybridized carbons (Fsp3) is 0.733. The Balaban J connectivity index is 3.06. The third-order valence-electron chi connectivity index (χ3n) is 2.87. The zero-order chi connectivity index (χ0) is 12.8. The Morgan fingerprint density at radius 1 is 1.00 bits per heavy atom. The molecule has 0 bridgehead atoms. The summed E-state index contributed by atoms with van der Waals surface area (Å²) < 4.78 is 0. The summed E-state index contributed by atoms with van der Waals surface area (Å²) in [5.74, 6) is 0.316. The van der Waals surface area contributed by atoms with Crippen LogP contribution in [0.1, 0.15) is 70.6 Å². The second-order valence-electron chi connectivity index (χ2n) is 4.52. The van der Waals surface area contributed by atoms with Crippen LogP contribution in [0.5, 0.6) is 0 Å². The van der Waals surface area contributed by atoms with Crippen molar-refractivity contribution >= 4 is 5.78 Å². The summed E-state index contributed by atoms with van der Waals surface area (Å²) in [4.78, 5) is 11.2. The van der Waals surface area contributed by atoms with Crippen LogP contribution < -0.4 is 0 Å². The van der Waals surface area contributed by atoms with Crippen LogP contribution in [-0.4, -0.2) is 5.78 Å². The average Bonchev–Trinajstić information content (AvgIpc) is 2.32. The summed E-state index contributed by atoms with van der Waals surface area (Å²) in [6, 6.07) is 2.17. The number of Topliss-reactive ketones (excluding diaryl/α,β-unsaturated/α-hetero) is 1. The number of hydrogen-bond acceptors (Lipinski definition) is 2. The van der Waals surface area contributed by atoms with Crippen LogP contribution in [0.3, 0.4) is 0 Å². The predicted molar refractivity (Wildman–Crippen MR) is 71.6 cm³/mol. The minimum Gasteiger partial charge on any atom is -0.299 e. The van der Waals surface area contributed by atoms with Crippen molar-refractivity contribution in [3.63, 3.8) is 0 Å². The van der Waals surface area contributed by atoms with E-state index in [1.54, 1.807) is 6.08 Å². The molecule has 17 heavy (non-hydrogen) atoms. The maximum atomic E-state index is 11.2. The van der Waals surface area contributed by atoms with Crippen LogP contribution in [0.15, 0.2) is 12.7 Å². The molecule has 0 saturated carbocycles. The lowest BCUT2D eigenvalue weighted by molar-refractivity contribution is -0.118. The highest BCUT2D eigenvalue weighted by molar-refractivity contribution is 5.79. The van der Waals surface area contributed by atoms with Crippen molar-refractivity contribution in [3.05, 3.63) is 12.7 Å². The third kappa shape index (κ3) is 12.8. The molecular formula is C15H25NO. The molecule has 0 radical (unpaired) electrons. The van der Waals surface area contributed by atoms with E-state index in [1.807, 2.05) is 0 Å². The van der Waals surface area contributed by atoms with E-state index < -0.39 is 0 Å². The lowest BCUT2D eigenvalue weighted by Crippen LogP contribution is -1.94. The van der Waals surface area contributed by atoms with Crippen molar-refractivity contribution in [2.45, 2.75) is 70.6 Å². The number of unbranched alkanes of at least 4 members (excludes halogenated alkanes) is 8. The van der Waals surface area contributed by atoms with Gasteiger partial charge in [0.05, 0.1) is 6.07 Å². The molecule has 0 aliphatic heterocycles. The quantitative estimate of drug-likeness (QED) is 0.367. The second-order valence-corrected chi connectivity index (χ2v) is 4.52. The molecule has 0 fully saturated rings. The molecular weight excluding hydrogens is 210 g/mol. The SMILES string of the molecule is C=CCC(=O)CCCCCCCCCCC#N. The number of carbonyl (C=O) groups is 1. The van der Waals surface area contributed by atoms with E-state index in [0.29, 0.717) is 25.0 Å². The Kier molecular flexibility index (Phi) is 12.1. The molecule has 0 heterocycles. The van der Waals surface area contributed by atoms with E-state index in [4.69, 9.17) is 5.26 Å². The van der Waals surface area contributed by atoms with Gasteiger partial charge in [0.2, 0.25) is 0 Å². The number of carbonyl (C=O) groups excluding carboxylic acids is 1. The molecule has 0 saturated heterocycles. The highest BCUT2D eigenvalue weighted by Crippen LogP contribution is 2.10. The number of hydrogen-bond donors (Lipinski definition) is 0. The fourth-order valence-electron chi connectivity index (χ4n) is 1.85. The molecule has 0 atom stereocenters. The molecule has 0 aromatic carbocycles. The lowest BCUT2D eigenvalue weighted by Gasteiger charge is -2.01. The number of rotatable bonds is 12. The molecule has 0 aliphatic rings.